The lowest BCUT2D eigenvalue weighted by molar-refractivity contribution is -0.137. The largest absolute Gasteiger partial charge is 0.416 e. The van der Waals surface area contributed by atoms with Gasteiger partial charge in [-0.3, -0.25) is 0 Å². The first kappa shape index (κ1) is 12.7. The van der Waals surface area contributed by atoms with Crippen molar-refractivity contribution in [3.05, 3.63) is 47.7 Å². The van der Waals surface area contributed by atoms with Gasteiger partial charge in [-0.1, -0.05) is 24.3 Å². The molecule has 0 N–H and O–H groups in total. The fourth-order valence-electron chi connectivity index (χ4n) is 1.85. The summed E-state index contributed by atoms with van der Waals surface area (Å²) in [5.74, 6) is 0.0864. The zero-order chi connectivity index (χ0) is 12.5. The molecule has 1 heterocycles. The summed E-state index contributed by atoms with van der Waals surface area (Å²) in [5.41, 5.74) is 0.167. The quantitative estimate of drug-likeness (QED) is 0.536. The van der Waals surface area contributed by atoms with E-state index in [2.05, 4.69) is 22.9 Å². The fraction of sp³-hybridized carbons (Fsp3) is 0.333. The van der Waals surface area contributed by atoms with Crippen LogP contribution in [0.15, 0.2) is 36.5 Å². The lowest BCUT2D eigenvalue weighted by Gasteiger charge is -2.23. The van der Waals surface area contributed by atoms with Crippen LogP contribution in [0.4, 0.5) is 13.2 Å². The van der Waals surface area contributed by atoms with Crippen LogP contribution >= 0.6 is 22.9 Å². The smallest absolute Gasteiger partial charge is 0.322 e. The fourth-order valence-corrected chi connectivity index (χ4v) is 2.32. The molecule has 17 heavy (non-hydrogen) atoms. The number of halogens is 4. The van der Waals surface area contributed by atoms with E-state index in [9.17, 15) is 13.2 Å². The Morgan fingerprint density at radius 1 is 1.29 bits per heavy atom. The molecule has 1 nitrogen and oxygen atoms in total. The monoisotopic (exact) mass is 353 g/mol. The standard InChI is InChI=1S/C12H11F3IN/c13-12(14,15)11-3-1-2-10(8-11)9-4-6-17(16)7-5-9/h1-4,6,8-9H,5,7H2. The first-order chi connectivity index (χ1) is 7.97. The van der Waals surface area contributed by atoms with Gasteiger partial charge in [-0.05, 0) is 18.1 Å². The molecular formula is C12H11F3IN. The third-order valence-corrected chi connectivity index (χ3v) is 3.58. The zero-order valence-corrected chi connectivity index (χ0v) is 11.1. The van der Waals surface area contributed by atoms with Crippen LogP contribution in [0.2, 0.25) is 0 Å². The summed E-state index contributed by atoms with van der Waals surface area (Å²) in [4.78, 5) is 0. The minimum atomic E-state index is -4.26. The molecule has 0 saturated heterocycles. The molecule has 0 aliphatic carbocycles. The maximum absolute atomic E-state index is 12.6. The van der Waals surface area contributed by atoms with E-state index < -0.39 is 11.7 Å². The summed E-state index contributed by atoms with van der Waals surface area (Å²) in [5, 5.41) is 0. The lowest BCUT2D eigenvalue weighted by Crippen LogP contribution is -2.15. The predicted molar refractivity (Wildman–Crippen MR) is 68.7 cm³/mol. The van der Waals surface area contributed by atoms with E-state index in [1.54, 1.807) is 6.07 Å². The van der Waals surface area contributed by atoms with Crippen LogP contribution in [0, 0.1) is 0 Å². The molecule has 5 heteroatoms. The van der Waals surface area contributed by atoms with Crippen molar-refractivity contribution in [3.8, 4) is 0 Å². The minimum Gasteiger partial charge on any atom is -0.322 e. The summed E-state index contributed by atoms with van der Waals surface area (Å²) in [6, 6.07) is 5.59. The minimum absolute atomic E-state index is 0.0864. The van der Waals surface area contributed by atoms with E-state index >= 15 is 0 Å². The number of nitrogens with zero attached hydrogens (tertiary/aromatic N) is 1. The van der Waals surface area contributed by atoms with Gasteiger partial charge in [-0.2, -0.15) is 13.2 Å². The highest BCUT2D eigenvalue weighted by atomic mass is 127. The van der Waals surface area contributed by atoms with E-state index in [1.807, 2.05) is 15.4 Å². The second kappa shape index (κ2) is 4.88. The third-order valence-electron chi connectivity index (χ3n) is 2.78. The molecule has 0 fully saturated rings. The van der Waals surface area contributed by atoms with Crippen LogP contribution in [-0.2, 0) is 6.18 Å². The van der Waals surface area contributed by atoms with Gasteiger partial charge in [0.2, 0.25) is 0 Å². The van der Waals surface area contributed by atoms with Crippen molar-refractivity contribution in [2.45, 2.75) is 18.5 Å². The number of alkyl halides is 3. The highest BCUT2D eigenvalue weighted by molar-refractivity contribution is 14.1. The van der Waals surface area contributed by atoms with Crippen molar-refractivity contribution in [2.75, 3.05) is 6.54 Å². The van der Waals surface area contributed by atoms with E-state index in [-0.39, 0.29) is 5.92 Å². The molecule has 1 aliphatic heterocycles. The van der Waals surface area contributed by atoms with Gasteiger partial charge in [0.25, 0.3) is 0 Å². The molecule has 1 unspecified atom stereocenters. The van der Waals surface area contributed by atoms with Crippen molar-refractivity contribution in [2.24, 2.45) is 0 Å². The summed E-state index contributed by atoms with van der Waals surface area (Å²) >= 11 is 2.17. The van der Waals surface area contributed by atoms with E-state index in [0.29, 0.717) is 0 Å². The Labute approximate surface area is 112 Å². The number of hydrogen-bond donors (Lipinski definition) is 0. The van der Waals surface area contributed by atoms with Gasteiger partial charge in [-0.25, -0.2) is 0 Å². The number of hydrogen-bond acceptors (Lipinski definition) is 1. The van der Waals surface area contributed by atoms with Gasteiger partial charge in [0.15, 0.2) is 0 Å². The van der Waals surface area contributed by atoms with Crippen LogP contribution < -0.4 is 0 Å². The first-order valence-electron chi connectivity index (χ1n) is 5.25. The number of benzene rings is 1. The molecule has 92 valence electrons. The van der Waals surface area contributed by atoms with Crippen molar-refractivity contribution < 1.29 is 13.2 Å². The van der Waals surface area contributed by atoms with Crippen LogP contribution in [0.1, 0.15) is 23.5 Å². The summed E-state index contributed by atoms with van der Waals surface area (Å²) in [6.07, 6.45) is 0.449. The van der Waals surface area contributed by atoms with Gasteiger partial charge in [-0.15, -0.1) is 0 Å². The van der Waals surface area contributed by atoms with Gasteiger partial charge in [0.1, 0.15) is 0 Å². The number of rotatable bonds is 1. The Kier molecular flexibility index (Phi) is 3.65. The Morgan fingerprint density at radius 3 is 2.65 bits per heavy atom. The summed E-state index contributed by atoms with van der Waals surface area (Å²) in [6.45, 7) is 0.859. The highest BCUT2D eigenvalue weighted by Gasteiger charge is 2.30. The Balaban J connectivity index is 2.25. The topological polar surface area (TPSA) is 3.24 Å². The first-order valence-corrected chi connectivity index (χ1v) is 6.21. The van der Waals surface area contributed by atoms with Gasteiger partial charge in [0, 0.05) is 18.7 Å². The maximum Gasteiger partial charge on any atom is 0.416 e. The van der Waals surface area contributed by atoms with Gasteiger partial charge < -0.3 is 3.11 Å². The molecule has 1 atom stereocenters. The van der Waals surface area contributed by atoms with Crippen molar-refractivity contribution in [1.82, 2.24) is 3.11 Å². The summed E-state index contributed by atoms with van der Waals surface area (Å²) < 4.78 is 39.7. The summed E-state index contributed by atoms with van der Waals surface area (Å²) in [7, 11) is 0. The SMILES string of the molecule is FC(F)(F)c1cccc(C2C=CN(I)CC2)c1. The highest BCUT2D eigenvalue weighted by Crippen LogP contribution is 2.33. The Bertz CT molecular complexity index is 428. The average molecular weight is 353 g/mol. The van der Waals surface area contributed by atoms with Crippen LogP contribution in [0.3, 0.4) is 0 Å². The van der Waals surface area contributed by atoms with Crippen LogP contribution in [0.5, 0.6) is 0 Å². The molecule has 0 amide bonds. The zero-order valence-electron chi connectivity index (χ0n) is 8.91. The van der Waals surface area contributed by atoms with Crippen molar-refractivity contribution in [1.29, 1.82) is 0 Å². The molecule has 1 aromatic rings. The van der Waals surface area contributed by atoms with Gasteiger partial charge in [0.05, 0.1) is 28.4 Å². The van der Waals surface area contributed by atoms with E-state index in [0.717, 1.165) is 24.6 Å². The molecule has 2 rings (SSSR count). The Morgan fingerprint density at radius 2 is 2.06 bits per heavy atom. The second-order valence-corrected chi connectivity index (χ2v) is 5.22. The molecule has 0 spiro atoms. The molecule has 0 radical (unpaired) electrons. The normalized spacial score (nSPS) is 20.7. The molecule has 1 aliphatic rings. The molecule has 0 bridgehead atoms. The van der Waals surface area contributed by atoms with Gasteiger partial charge >= 0.3 is 6.18 Å². The van der Waals surface area contributed by atoms with Crippen LogP contribution in [-0.4, -0.2) is 9.66 Å². The van der Waals surface area contributed by atoms with Crippen molar-refractivity contribution >= 4 is 22.9 Å². The molecule has 1 aromatic carbocycles. The number of allylic oxidation sites excluding steroid dienone is 1. The molecule has 0 saturated carbocycles. The van der Waals surface area contributed by atoms with E-state index in [1.165, 1.54) is 12.1 Å². The predicted octanol–water partition coefficient (Wildman–Crippen LogP) is 4.36. The lowest BCUT2D eigenvalue weighted by atomic mass is 9.93. The maximum atomic E-state index is 12.6. The van der Waals surface area contributed by atoms with E-state index in [4.69, 9.17) is 0 Å². The third kappa shape index (κ3) is 3.14. The molecule has 0 aromatic heterocycles. The average Bonchev–Trinajstić information content (AvgIpc) is 2.29. The Hall–Kier alpha value is -0.720. The molecular weight excluding hydrogens is 342 g/mol. The second-order valence-electron chi connectivity index (χ2n) is 3.98. The van der Waals surface area contributed by atoms with Crippen LogP contribution in [0.25, 0.3) is 0 Å². The van der Waals surface area contributed by atoms with Crippen molar-refractivity contribution in [3.63, 3.8) is 0 Å².